The number of carbonyl (C=O) groups is 1. The molecule has 0 spiro atoms. The number of benzene rings is 1. The van der Waals surface area contributed by atoms with Crippen molar-refractivity contribution < 1.29 is 14.3 Å². The van der Waals surface area contributed by atoms with E-state index in [1.165, 1.54) is 7.11 Å². The fourth-order valence-electron chi connectivity index (χ4n) is 2.36. The Balaban J connectivity index is 2.23. The molecule has 4 heteroatoms. The number of hydrogen-bond donors (Lipinski definition) is 0. The quantitative estimate of drug-likeness (QED) is 0.462. The Hall–Kier alpha value is -2.62. The number of allylic oxidation sites excluding steroid dienone is 1. The van der Waals surface area contributed by atoms with Gasteiger partial charge in [-0.15, -0.1) is 0 Å². The number of hydrogen-bond acceptors (Lipinski definition) is 4. The van der Waals surface area contributed by atoms with Crippen molar-refractivity contribution in [2.24, 2.45) is 0 Å². The topological polar surface area (TPSA) is 48.4 Å². The summed E-state index contributed by atoms with van der Waals surface area (Å²) in [6, 6.07) is 15.4. The minimum Gasteiger partial charge on any atom is -0.493 e. The average molecular weight is 311 g/mol. The number of nitrogens with zero attached hydrogens (tertiary/aromatic N) is 1. The Morgan fingerprint density at radius 1 is 1.13 bits per heavy atom. The number of methoxy groups -OCH3 is 1. The van der Waals surface area contributed by atoms with Crippen LogP contribution in [0.4, 0.5) is 0 Å². The van der Waals surface area contributed by atoms with Gasteiger partial charge in [-0.2, -0.15) is 0 Å². The molecule has 0 saturated heterocycles. The summed E-state index contributed by atoms with van der Waals surface area (Å²) in [6.07, 6.45) is 1.71. The van der Waals surface area contributed by atoms with Crippen LogP contribution in [-0.4, -0.2) is 18.1 Å². The zero-order valence-electron chi connectivity index (χ0n) is 13.7. The van der Waals surface area contributed by atoms with E-state index in [-0.39, 0.29) is 5.92 Å². The molecule has 0 saturated carbocycles. The van der Waals surface area contributed by atoms with Gasteiger partial charge in [0.15, 0.2) is 0 Å². The molecule has 0 radical (unpaired) electrons. The SMILES string of the molecule is COC(=O)/C(=C(/C)OCc1ccccc1)[C@@H](C)c1ccccn1. The standard InChI is InChI=1S/C19H21NO3/c1-14(17-11-7-8-12-20-17)18(19(21)22-3)15(2)23-13-16-9-5-4-6-10-16/h4-12,14H,13H2,1-3H3/b18-15-/t14-/m0/s1. The van der Waals surface area contributed by atoms with Gasteiger partial charge < -0.3 is 9.47 Å². The van der Waals surface area contributed by atoms with Crippen LogP contribution in [0.5, 0.6) is 0 Å². The second-order valence-corrected chi connectivity index (χ2v) is 5.21. The second kappa shape index (κ2) is 8.13. The van der Waals surface area contributed by atoms with Gasteiger partial charge in [0.05, 0.1) is 12.7 Å². The Bertz CT molecular complexity index is 666. The van der Waals surface area contributed by atoms with Crippen molar-refractivity contribution in [2.75, 3.05) is 7.11 Å². The van der Waals surface area contributed by atoms with Crippen molar-refractivity contribution in [3.63, 3.8) is 0 Å². The van der Waals surface area contributed by atoms with Gasteiger partial charge >= 0.3 is 5.97 Å². The van der Waals surface area contributed by atoms with Crippen LogP contribution < -0.4 is 0 Å². The number of ether oxygens (including phenoxy) is 2. The molecule has 0 aliphatic rings. The molecule has 2 rings (SSSR count). The fraction of sp³-hybridized carbons (Fsp3) is 0.263. The molecule has 1 aromatic carbocycles. The second-order valence-electron chi connectivity index (χ2n) is 5.21. The van der Waals surface area contributed by atoms with E-state index in [0.29, 0.717) is 17.9 Å². The Kier molecular flexibility index (Phi) is 5.92. The molecule has 120 valence electrons. The van der Waals surface area contributed by atoms with Crippen molar-refractivity contribution in [2.45, 2.75) is 26.4 Å². The Morgan fingerprint density at radius 2 is 1.83 bits per heavy atom. The first-order valence-corrected chi connectivity index (χ1v) is 7.50. The highest BCUT2D eigenvalue weighted by Gasteiger charge is 2.24. The third-order valence-electron chi connectivity index (χ3n) is 3.65. The Labute approximate surface area is 136 Å². The first kappa shape index (κ1) is 16.7. The number of aromatic nitrogens is 1. The van der Waals surface area contributed by atoms with Crippen LogP contribution in [-0.2, 0) is 20.9 Å². The first-order valence-electron chi connectivity index (χ1n) is 7.50. The van der Waals surface area contributed by atoms with E-state index in [4.69, 9.17) is 9.47 Å². The van der Waals surface area contributed by atoms with E-state index < -0.39 is 5.97 Å². The van der Waals surface area contributed by atoms with Crippen LogP contribution in [0.1, 0.15) is 31.0 Å². The molecule has 1 atom stereocenters. The van der Waals surface area contributed by atoms with Crippen LogP contribution in [0.2, 0.25) is 0 Å². The van der Waals surface area contributed by atoms with Gasteiger partial charge in [0.2, 0.25) is 0 Å². The molecule has 23 heavy (non-hydrogen) atoms. The molecule has 0 N–H and O–H groups in total. The van der Waals surface area contributed by atoms with Crippen molar-refractivity contribution >= 4 is 5.97 Å². The fourth-order valence-corrected chi connectivity index (χ4v) is 2.36. The van der Waals surface area contributed by atoms with E-state index >= 15 is 0 Å². The predicted molar refractivity (Wildman–Crippen MR) is 88.6 cm³/mol. The van der Waals surface area contributed by atoms with Crippen LogP contribution in [0.3, 0.4) is 0 Å². The Morgan fingerprint density at radius 3 is 2.43 bits per heavy atom. The number of carbonyl (C=O) groups excluding carboxylic acids is 1. The number of pyridine rings is 1. The summed E-state index contributed by atoms with van der Waals surface area (Å²) in [5.41, 5.74) is 2.33. The van der Waals surface area contributed by atoms with Gasteiger partial charge in [-0.3, -0.25) is 4.98 Å². The van der Waals surface area contributed by atoms with Gasteiger partial charge in [-0.1, -0.05) is 43.3 Å². The lowest BCUT2D eigenvalue weighted by atomic mass is 9.96. The van der Waals surface area contributed by atoms with Crippen LogP contribution in [0, 0.1) is 0 Å². The average Bonchev–Trinajstić information content (AvgIpc) is 2.61. The lowest BCUT2D eigenvalue weighted by Crippen LogP contribution is -2.15. The molecule has 0 bridgehead atoms. The van der Waals surface area contributed by atoms with Crippen LogP contribution >= 0.6 is 0 Å². The molecule has 0 aliphatic carbocycles. The smallest absolute Gasteiger partial charge is 0.337 e. The lowest BCUT2D eigenvalue weighted by Gasteiger charge is -2.17. The maximum Gasteiger partial charge on any atom is 0.337 e. The van der Waals surface area contributed by atoms with Gasteiger partial charge in [0, 0.05) is 17.8 Å². The maximum absolute atomic E-state index is 12.2. The maximum atomic E-state index is 12.2. The summed E-state index contributed by atoms with van der Waals surface area (Å²) >= 11 is 0. The van der Waals surface area contributed by atoms with Crippen molar-refractivity contribution in [3.05, 3.63) is 77.3 Å². The molecule has 0 unspecified atom stereocenters. The molecule has 2 aromatic rings. The summed E-state index contributed by atoms with van der Waals surface area (Å²) in [5.74, 6) is -0.0491. The van der Waals surface area contributed by atoms with Crippen LogP contribution in [0.25, 0.3) is 0 Å². The summed E-state index contributed by atoms with van der Waals surface area (Å²) in [4.78, 5) is 16.5. The minimum absolute atomic E-state index is 0.209. The molecule has 4 nitrogen and oxygen atoms in total. The van der Waals surface area contributed by atoms with E-state index in [1.807, 2.05) is 55.5 Å². The zero-order chi connectivity index (χ0) is 16.7. The predicted octanol–water partition coefficient (Wildman–Crippen LogP) is 3.85. The number of esters is 1. The lowest BCUT2D eigenvalue weighted by molar-refractivity contribution is -0.136. The van der Waals surface area contributed by atoms with E-state index in [2.05, 4.69) is 4.98 Å². The third-order valence-corrected chi connectivity index (χ3v) is 3.65. The largest absolute Gasteiger partial charge is 0.493 e. The normalized spacial score (nSPS) is 13.0. The highest BCUT2D eigenvalue weighted by molar-refractivity contribution is 5.90. The van der Waals surface area contributed by atoms with Gasteiger partial charge in [-0.25, -0.2) is 4.79 Å². The van der Waals surface area contributed by atoms with E-state index in [0.717, 1.165) is 11.3 Å². The molecule has 0 amide bonds. The molecule has 0 fully saturated rings. The van der Waals surface area contributed by atoms with Crippen molar-refractivity contribution in [1.29, 1.82) is 0 Å². The molecule has 1 heterocycles. The zero-order valence-corrected chi connectivity index (χ0v) is 13.7. The number of rotatable bonds is 6. The summed E-state index contributed by atoms with van der Waals surface area (Å²) in [6.45, 7) is 4.11. The summed E-state index contributed by atoms with van der Waals surface area (Å²) < 4.78 is 10.7. The third kappa shape index (κ3) is 4.42. The van der Waals surface area contributed by atoms with E-state index in [9.17, 15) is 4.79 Å². The van der Waals surface area contributed by atoms with Crippen LogP contribution in [0.15, 0.2) is 66.1 Å². The minimum atomic E-state index is -0.395. The molecular formula is C19H21NO3. The van der Waals surface area contributed by atoms with Gasteiger partial charge in [0.1, 0.15) is 12.4 Å². The first-order chi connectivity index (χ1) is 11.1. The van der Waals surface area contributed by atoms with Gasteiger partial charge in [-0.05, 0) is 24.6 Å². The van der Waals surface area contributed by atoms with Gasteiger partial charge in [0.25, 0.3) is 0 Å². The summed E-state index contributed by atoms with van der Waals surface area (Å²) in [5, 5.41) is 0. The highest BCUT2D eigenvalue weighted by Crippen LogP contribution is 2.26. The molecular weight excluding hydrogens is 290 g/mol. The molecule has 0 aliphatic heterocycles. The molecule has 1 aromatic heterocycles. The summed E-state index contributed by atoms with van der Waals surface area (Å²) in [7, 11) is 1.37. The monoisotopic (exact) mass is 311 g/mol. The van der Waals surface area contributed by atoms with Crippen molar-refractivity contribution in [1.82, 2.24) is 4.98 Å². The van der Waals surface area contributed by atoms with Crippen molar-refractivity contribution in [3.8, 4) is 0 Å². The van der Waals surface area contributed by atoms with E-state index in [1.54, 1.807) is 13.1 Å². The highest BCUT2D eigenvalue weighted by atomic mass is 16.5.